The molecule has 5 aromatic rings. The first-order chi connectivity index (χ1) is 24.6. The zero-order valence-corrected chi connectivity index (χ0v) is 30.1. The zero-order valence-electron chi connectivity index (χ0n) is 30.1. The van der Waals surface area contributed by atoms with E-state index in [2.05, 4.69) is 54.3 Å². The summed E-state index contributed by atoms with van der Waals surface area (Å²) in [5, 5.41) is 9.78. The van der Waals surface area contributed by atoms with E-state index in [1.807, 2.05) is 47.7 Å². The highest BCUT2D eigenvalue weighted by Crippen LogP contribution is 2.37. The van der Waals surface area contributed by atoms with Crippen molar-refractivity contribution in [2.24, 2.45) is 7.05 Å². The highest BCUT2D eigenvalue weighted by Gasteiger charge is 2.32. The molecule has 2 aliphatic heterocycles. The van der Waals surface area contributed by atoms with E-state index in [0.29, 0.717) is 23.4 Å². The third-order valence-electron chi connectivity index (χ3n) is 10.8. The first kappa shape index (κ1) is 34.1. The fourth-order valence-corrected chi connectivity index (χ4v) is 7.62. The van der Waals surface area contributed by atoms with Gasteiger partial charge < -0.3 is 24.2 Å². The molecule has 1 aromatic heterocycles. The number of phenols is 1. The standard InChI is InChI=1S/C43H46N4O4/c1-28-21-31-10-6-7-11-32(31)27-47(28)43(50)40-23-34-26-46(20-8-9-30-12-18-37(51-5)19-13-30)25-33(34)22-39(40)41-24-38(29(2)44(41)3)42(49)45(4)35-14-16-36(48)17-15-35/h6-7,10-19,22-24,28,48H,8-9,20-21,25-27H2,1-5H3/t28-/m1/s1. The summed E-state index contributed by atoms with van der Waals surface area (Å²) in [6.45, 7) is 7.21. The van der Waals surface area contributed by atoms with Crippen LogP contribution in [0.2, 0.25) is 0 Å². The van der Waals surface area contributed by atoms with E-state index in [4.69, 9.17) is 4.74 Å². The molecule has 0 saturated carbocycles. The van der Waals surface area contributed by atoms with Crippen molar-refractivity contribution in [2.75, 3.05) is 25.6 Å². The first-order valence-corrected chi connectivity index (χ1v) is 17.7. The van der Waals surface area contributed by atoms with Crippen LogP contribution in [-0.4, -0.2) is 58.0 Å². The quantitative estimate of drug-likeness (QED) is 0.174. The normalized spacial score (nSPS) is 15.4. The Morgan fingerprint density at radius 1 is 0.863 bits per heavy atom. The molecule has 4 aromatic carbocycles. The van der Waals surface area contributed by atoms with Crippen LogP contribution in [0.3, 0.4) is 0 Å². The monoisotopic (exact) mass is 682 g/mol. The van der Waals surface area contributed by atoms with Gasteiger partial charge in [-0.2, -0.15) is 0 Å². The topological polar surface area (TPSA) is 78.2 Å². The smallest absolute Gasteiger partial charge is 0.259 e. The van der Waals surface area contributed by atoms with Gasteiger partial charge in [0.2, 0.25) is 0 Å². The zero-order chi connectivity index (χ0) is 35.8. The minimum Gasteiger partial charge on any atom is -0.508 e. The van der Waals surface area contributed by atoms with Crippen LogP contribution in [0, 0.1) is 6.92 Å². The number of anilines is 1. The van der Waals surface area contributed by atoms with Gasteiger partial charge in [-0.05, 0) is 122 Å². The molecule has 0 bridgehead atoms. The van der Waals surface area contributed by atoms with E-state index in [9.17, 15) is 14.7 Å². The molecule has 0 radical (unpaired) electrons. The predicted molar refractivity (Wildman–Crippen MR) is 201 cm³/mol. The molecule has 8 heteroatoms. The molecular weight excluding hydrogens is 636 g/mol. The summed E-state index contributed by atoms with van der Waals surface area (Å²) in [6.07, 6.45) is 2.83. The SMILES string of the molecule is COc1ccc(CCCN2Cc3cc(C(=O)N4Cc5ccccc5C[C@H]4C)c(-c4cc(C(=O)N(C)c5ccc(O)cc5)c(C)n4C)cc3C2)cc1. The van der Waals surface area contributed by atoms with E-state index < -0.39 is 0 Å². The van der Waals surface area contributed by atoms with E-state index in [-0.39, 0.29) is 23.6 Å². The average Bonchev–Trinajstić information content (AvgIpc) is 3.68. The van der Waals surface area contributed by atoms with Crippen molar-refractivity contribution >= 4 is 17.5 Å². The summed E-state index contributed by atoms with van der Waals surface area (Å²) in [4.78, 5) is 34.7. The van der Waals surface area contributed by atoms with Gasteiger partial charge in [-0.3, -0.25) is 14.5 Å². The Labute approximate surface area is 300 Å². The van der Waals surface area contributed by atoms with Gasteiger partial charge in [0, 0.05) is 68.0 Å². The second kappa shape index (κ2) is 14.1. The number of methoxy groups -OCH3 is 1. The minimum absolute atomic E-state index is 0.0145. The fourth-order valence-electron chi connectivity index (χ4n) is 7.62. The molecule has 3 heterocycles. The number of rotatable bonds is 9. The number of aryl methyl sites for hydroxylation is 1. The Morgan fingerprint density at radius 2 is 1.55 bits per heavy atom. The molecule has 0 saturated heterocycles. The molecule has 0 unspecified atom stereocenters. The lowest BCUT2D eigenvalue weighted by molar-refractivity contribution is 0.0658. The fraction of sp³-hybridized carbons (Fsp3) is 0.302. The van der Waals surface area contributed by atoms with Gasteiger partial charge in [-0.25, -0.2) is 0 Å². The van der Waals surface area contributed by atoms with Crippen molar-refractivity contribution in [1.82, 2.24) is 14.4 Å². The molecule has 1 atom stereocenters. The number of hydrogen-bond acceptors (Lipinski definition) is 5. The number of hydrogen-bond donors (Lipinski definition) is 1. The van der Waals surface area contributed by atoms with Crippen molar-refractivity contribution in [1.29, 1.82) is 0 Å². The van der Waals surface area contributed by atoms with Gasteiger partial charge in [-0.1, -0.05) is 36.4 Å². The van der Waals surface area contributed by atoms with Gasteiger partial charge in [0.15, 0.2) is 0 Å². The van der Waals surface area contributed by atoms with Crippen LogP contribution >= 0.6 is 0 Å². The number of carbonyl (C=O) groups is 2. The van der Waals surface area contributed by atoms with Crippen LogP contribution < -0.4 is 9.64 Å². The van der Waals surface area contributed by atoms with E-state index in [0.717, 1.165) is 61.6 Å². The number of fused-ring (bicyclic) bond motifs is 2. The molecule has 0 fully saturated rings. The number of nitrogens with zero attached hydrogens (tertiary/aromatic N) is 4. The van der Waals surface area contributed by atoms with Crippen molar-refractivity contribution < 1.29 is 19.4 Å². The largest absolute Gasteiger partial charge is 0.508 e. The van der Waals surface area contributed by atoms with Crippen molar-refractivity contribution in [2.45, 2.75) is 58.8 Å². The van der Waals surface area contributed by atoms with Crippen LogP contribution in [0.15, 0.2) is 91.0 Å². The van der Waals surface area contributed by atoms with Gasteiger partial charge >= 0.3 is 0 Å². The van der Waals surface area contributed by atoms with E-state index in [1.54, 1.807) is 43.3 Å². The van der Waals surface area contributed by atoms with Crippen molar-refractivity contribution in [3.05, 3.63) is 136 Å². The third kappa shape index (κ3) is 6.76. The average molecular weight is 683 g/mol. The maximum atomic E-state index is 14.7. The maximum absolute atomic E-state index is 14.7. The molecule has 2 aliphatic rings. The summed E-state index contributed by atoms with van der Waals surface area (Å²) in [5.74, 6) is 0.875. The third-order valence-corrected chi connectivity index (χ3v) is 10.8. The Balaban J connectivity index is 1.21. The van der Waals surface area contributed by atoms with Crippen molar-refractivity contribution in [3.63, 3.8) is 0 Å². The van der Waals surface area contributed by atoms with Crippen LogP contribution in [-0.2, 0) is 39.5 Å². The van der Waals surface area contributed by atoms with Gasteiger partial charge in [-0.15, -0.1) is 0 Å². The highest BCUT2D eigenvalue weighted by molar-refractivity contribution is 6.08. The number of ether oxygens (including phenoxy) is 1. The number of benzene rings is 4. The predicted octanol–water partition coefficient (Wildman–Crippen LogP) is 7.53. The van der Waals surface area contributed by atoms with E-state index >= 15 is 0 Å². The van der Waals surface area contributed by atoms with Crippen LogP contribution in [0.1, 0.15) is 67.6 Å². The minimum atomic E-state index is -0.154. The van der Waals surface area contributed by atoms with Gasteiger partial charge in [0.1, 0.15) is 11.5 Å². The van der Waals surface area contributed by atoms with Gasteiger partial charge in [0.05, 0.1) is 12.7 Å². The summed E-state index contributed by atoms with van der Waals surface area (Å²) in [7, 11) is 5.39. The summed E-state index contributed by atoms with van der Waals surface area (Å²) in [5.41, 5.74) is 10.6. The lowest BCUT2D eigenvalue weighted by Gasteiger charge is -2.35. The molecule has 262 valence electrons. The van der Waals surface area contributed by atoms with Crippen LogP contribution in [0.5, 0.6) is 11.5 Å². The molecule has 8 nitrogen and oxygen atoms in total. The molecule has 51 heavy (non-hydrogen) atoms. The molecule has 0 spiro atoms. The Hall–Kier alpha value is -5.34. The van der Waals surface area contributed by atoms with Crippen LogP contribution in [0.4, 0.5) is 5.69 Å². The first-order valence-electron chi connectivity index (χ1n) is 17.7. The number of aromatic nitrogens is 1. The second-order valence-electron chi connectivity index (χ2n) is 14.1. The molecule has 2 amide bonds. The van der Waals surface area contributed by atoms with E-state index in [1.165, 1.54) is 27.8 Å². The summed E-state index contributed by atoms with van der Waals surface area (Å²) in [6, 6.07) is 29.6. The number of aromatic hydroxyl groups is 1. The highest BCUT2D eigenvalue weighted by atomic mass is 16.5. The summed E-state index contributed by atoms with van der Waals surface area (Å²) < 4.78 is 7.35. The number of carbonyl (C=O) groups excluding carboxylic acids is 2. The molecular formula is C43H46N4O4. The number of phenolic OH excluding ortho intramolecular Hbond substituents is 1. The molecule has 7 rings (SSSR count). The Morgan fingerprint density at radius 3 is 2.25 bits per heavy atom. The lowest BCUT2D eigenvalue weighted by atomic mass is 9.92. The Kier molecular flexibility index (Phi) is 9.44. The molecule has 0 aliphatic carbocycles. The second-order valence-corrected chi connectivity index (χ2v) is 14.1. The summed E-state index contributed by atoms with van der Waals surface area (Å²) >= 11 is 0. The number of amides is 2. The Bertz CT molecular complexity index is 2080. The molecule has 1 N–H and O–H groups in total. The van der Waals surface area contributed by atoms with Crippen LogP contribution in [0.25, 0.3) is 11.3 Å². The maximum Gasteiger partial charge on any atom is 0.259 e. The van der Waals surface area contributed by atoms with Gasteiger partial charge in [0.25, 0.3) is 11.8 Å². The van der Waals surface area contributed by atoms with Crippen molar-refractivity contribution in [3.8, 4) is 22.8 Å². The lowest BCUT2D eigenvalue weighted by Crippen LogP contribution is -2.42.